The fourth-order valence-corrected chi connectivity index (χ4v) is 2.25. The molecule has 3 aromatic heterocycles. The molecule has 3 rings (SSSR count). The normalized spacial score (nSPS) is 10.6. The van der Waals surface area contributed by atoms with E-state index in [1.807, 2.05) is 6.92 Å². The molecule has 10 heteroatoms. The molecule has 1 amide bonds. The van der Waals surface area contributed by atoms with Crippen LogP contribution >= 0.6 is 11.6 Å². The molecule has 0 unspecified atom stereocenters. The van der Waals surface area contributed by atoms with Gasteiger partial charge < -0.3 is 0 Å². The van der Waals surface area contributed by atoms with Crippen LogP contribution < -0.4 is 5.32 Å². The molecule has 132 valence electrons. The number of aryl methyl sites for hydroxylation is 2. The summed E-state index contributed by atoms with van der Waals surface area (Å²) in [6.07, 6.45) is 6.28. The zero-order valence-corrected chi connectivity index (χ0v) is 14.4. The molecule has 1 N–H and O–H groups in total. The van der Waals surface area contributed by atoms with E-state index in [2.05, 4.69) is 35.5 Å². The first-order chi connectivity index (χ1) is 12.5. The summed E-state index contributed by atoms with van der Waals surface area (Å²) in [6, 6.07) is 1.25. The Balaban J connectivity index is 1.65. The lowest BCUT2D eigenvalue weighted by Gasteiger charge is -2.06. The summed E-state index contributed by atoms with van der Waals surface area (Å²) in [5, 5.41) is 9.97. The van der Waals surface area contributed by atoms with E-state index in [1.54, 1.807) is 12.4 Å². The molecule has 3 aromatic rings. The standard InChI is InChI=1S/C16H13ClFN7O/c1-9-5-22-23-7-11(9)15-20-8-21-16(25-15)24-13(26)3-2-10-4-12(18)14(17)19-6-10/h4-8H,2-3H2,1H3,(H,20,21,24,25,26). The van der Waals surface area contributed by atoms with Crippen LogP contribution in [0.15, 0.2) is 31.0 Å². The van der Waals surface area contributed by atoms with E-state index in [0.717, 1.165) is 5.56 Å². The molecule has 0 aliphatic rings. The highest BCUT2D eigenvalue weighted by Gasteiger charge is 2.11. The lowest BCUT2D eigenvalue weighted by molar-refractivity contribution is -0.116. The van der Waals surface area contributed by atoms with E-state index in [1.165, 1.54) is 18.6 Å². The quantitative estimate of drug-likeness (QED) is 0.684. The van der Waals surface area contributed by atoms with Crippen LogP contribution in [0.3, 0.4) is 0 Å². The van der Waals surface area contributed by atoms with Gasteiger partial charge in [-0.05, 0) is 30.5 Å². The summed E-state index contributed by atoms with van der Waals surface area (Å²) in [5.41, 5.74) is 2.11. The Hall–Kier alpha value is -3.07. The molecule has 0 fully saturated rings. The second-order valence-corrected chi connectivity index (χ2v) is 5.74. The van der Waals surface area contributed by atoms with Gasteiger partial charge in [-0.25, -0.2) is 19.3 Å². The second-order valence-electron chi connectivity index (χ2n) is 5.38. The van der Waals surface area contributed by atoms with Crippen molar-refractivity contribution in [1.82, 2.24) is 30.1 Å². The molecular formula is C16H13ClFN7O. The van der Waals surface area contributed by atoms with Crippen LogP contribution in [0.2, 0.25) is 5.15 Å². The number of nitrogens with zero attached hydrogens (tertiary/aromatic N) is 6. The Labute approximate surface area is 152 Å². The summed E-state index contributed by atoms with van der Waals surface area (Å²) in [7, 11) is 0. The Morgan fingerprint density at radius 1 is 1.19 bits per heavy atom. The third-order valence-electron chi connectivity index (χ3n) is 3.49. The lowest BCUT2D eigenvalue weighted by Crippen LogP contribution is -2.15. The molecule has 0 saturated heterocycles. The van der Waals surface area contributed by atoms with Gasteiger partial charge in [0.25, 0.3) is 0 Å². The first kappa shape index (κ1) is 17.7. The van der Waals surface area contributed by atoms with Crippen molar-refractivity contribution < 1.29 is 9.18 Å². The van der Waals surface area contributed by atoms with Crippen LogP contribution in [0.5, 0.6) is 0 Å². The van der Waals surface area contributed by atoms with Gasteiger partial charge in [-0.15, -0.1) is 0 Å². The molecule has 0 aliphatic heterocycles. The van der Waals surface area contributed by atoms with E-state index in [0.29, 0.717) is 23.4 Å². The molecule has 0 bridgehead atoms. The van der Waals surface area contributed by atoms with Crippen molar-refractivity contribution in [1.29, 1.82) is 0 Å². The third-order valence-corrected chi connectivity index (χ3v) is 3.77. The average molecular weight is 374 g/mol. The van der Waals surface area contributed by atoms with Crippen LogP contribution in [0.4, 0.5) is 10.3 Å². The fourth-order valence-electron chi connectivity index (χ4n) is 2.15. The molecule has 26 heavy (non-hydrogen) atoms. The van der Waals surface area contributed by atoms with E-state index >= 15 is 0 Å². The van der Waals surface area contributed by atoms with Crippen LogP contribution in [-0.4, -0.2) is 36.0 Å². The average Bonchev–Trinajstić information content (AvgIpc) is 2.63. The Kier molecular flexibility index (Phi) is 5.37. The molecule has 0 radical (unpaired) electrons. The highest BCUT2D eigenvalue weighted by molar-refractivity contribution is 6.29. The van der Waals surface area contributed by atoms with Gasteiger partial charge in [0.2, 0.25) is 11.9 Å². The number of aromatic nitrogens is 6. The molecule has 3 heterocycles. The van der Waals surface area contributed by atoms with Gasteiger partial charge in [0.05, 0.1) is 12.4 Å². The minimum atomic E-state index is -0.618. The SMILES string of the molecule is Cc1cnncc1-c1ncnc(NC(=O)CCc2cnc(Cl)c(F)c2)n1. The zero-order valence-electron chi connectivity index (χ0n) is 13.6. The van der Waals surface area contributed by atoms with Crippen molar-refractivity contribution in [2.24, 2.45) is 0 Å². The van der Waals surface area contributed by atoms with Crippen LogP contribution in [0, 0.1) is 12.7 Å². The number of hydrogen-bond acceptors (Lipinski definition) is 7. The maximum atomic E-state index is 13.4. The van der Waals surface area contributed by atoms with Gasteiger partial charge in [0, 0.05) is 18.2 Å². The smallest absolute Gasteiger partial charge is 0.232 e. The molecule has 8 nitrogen and oxygen atoms in total. The van der Waals surface area contributed by atoms with Crippen molar-refractivity contribution in [2.45, 2.75) is 19.8 Å². The zero-order chi connectivity index (χ0) is 18.5. The van der Waals surface area contributed by atoms with Crippen molar-refractivity contribution in [3.8, 4) is 11.4 Å². The predicted octanol–water partition coefficient (Wildman–Crippen LogP) is 2.40. The second kappa shape index (κ2) is 7.87. The largest absolute Gasteiger partial charge is 0.294 e. The van der Waals surface area contributed by atoms with Crippen molar-refractivity contribution >= 4 is 23.5 Å². The molecule has 0 atom stereocenters. The number of carbonyl (C=O) groups excluding carboxylic acids is 1. The van der Waals surface area contributed by atoms with Gasteiger partial charge in [0.15, 0.2) is 16.8 Å². The monoisotopic (exact) mass is 373 g/mol. The number of amides is 1. The van der Waals surface area contributed by atoms with E-state index < -0.39 is 5.82 Å². The third kappa shape index (κ3) is 4.31. The summed E-state index contributed by atoms with van der Waals surface area (Å²) < 4.78 is 13.4. The maximum absolute atomic E-state index is 13.4. The Morgan fingerprint density at radius 3 is 2.77 bits per heavy atom. The summed E-state index contributed by atoms with van der Waals surface area (Å²) in [6.45, 7) is 1.85. The first-order valence-electron chi connectivity index (χ1n) is 7.59. The highest BCUT2D eigenvalue weighted by Crippen LogP contribution is 2.17. The number of nitrogens with one attached hydrogen (secondary N) is 1. The lowest BCUT2D eigenvalue weighted by atomic mass is 10.1. The van der Waals surface area contributed by atoms with E-state index in [4.69, 9.17) is 11.6 Å². The molecule has 0 saturated carbocycles. The van der Waals surface area contributed by atoms with E-state index in [-0.39, 0.29) is 23.4 Å². The highest BCUT2D eigenvalue weighted by atomic mass is 35.5. The number of pyridine rings is 1. The van der Waals surface area contributed by atoms with Crippen molar-refractivity contribution in [3.63, 3.8) is 0 Å². The van der Waals surface area contributed by atoms with Gasteiger partial charge in [-0.1, -0.05) is 11.6 Å². The predicted molar refractivity (Wildman–Crippen MR) is 91.7 cm³/mol. The van der Waals surface area contributed by atoms with E-state index in [9.17, 15) is 9.18 Å². The van der Waals surface area contributed by atoms with Gasteiger partial charge >= 0.3 is 0 Å². The van der Waals surface area contributed by atoms with Gasteiger partial charge in [-0.2, -0.15) is 15.2 Å². The van der Waals surface area contributed by atoms with Crippen LogP contribution in [0.25, 0.3) is 11.4 Å². The summed E-state index contributed by atoms with van der Waals surface area (Å²) in [5.74, 6) is -0.432. The van der Waals surface area contributed by atoms with Crippen molar-refractivity contribution in [3.05, 3.63) is 53.1 Å². The Bertz CT molecular complexity index is 953. The molecule has 0 spiro atoms. The van der Waals surface area contributed by atoms with Crippen LogP contribution in [-0.2, 0) is 11.2 Å². The number of anilines is 1. The minimum absolute atomic E-state index is 0.111. The summed E-state index contributed by atoms with van der Waals surface area (Å²) in [4.78, 5) is 28.0. The Morgan fingerprint density at radius 2 is 2.00 bits per heavy atom. The molecule has 0 aliphatic carbocycles. The topological polar surface area (TPSA) is 106 Å². The molecule has 0 aromatic carbocycles. The van der Waals surface area contributed by atoms with Crippen LogP contribution in [0.1, 0.15) is 17.5 Å². The van der Waals surface area contributed by atoms with Gasteiger partial charge in [0.1, 0.15) is 6.33 Å². The maximum Gasteiger partial charge on any atom is 0.232 e. The number of carbonyl (C=O) groups is 1. The minimum Gasteiger partial charge on any atom is -0.294 e. The van der Waals surface area contributed by atoms with Gasteiger partial charge in [-0.3, -0.25) is 10.1 Å². The number of hydrogen-bond donors (Lipinski definition) is 1. The van der Waals surface area contributed by atoms with Crippen molar-refractivity contribution in [2.75, 3.05) is 5.32 Å². The molecular weight excluding hydrogens is 361 g/mol. The number of rotatable bonds is 5. The first-order valence-corrected chi connectivity index (χ1v) is 7.97. The number of halogens is 2. The summed E-state index contributed by atoms with van der Waals surface area (Å²) >= 11 is 5.53. The fraction of sp³-hybridized carbons (Fsp3) is 0.188.